The maximum atomic E-state index is 5.39. The van der Waals surface area contributed by atoms with Crippen molar-refractivity contribution in [1.82, 2.24) is 0 Å². The fourth-order valence-electron chi connectivity index (χ4n) is 1.17. The summed E-state index contributed by atoms with van der Waals surface area (Å²) in [5.74, 6) is 0.596. The maximum absolute atomic E-state index is 5.39. The molecule has 2 aromatic rings. The summed E-state index contributed by atoms with van der Waals surface area (Å²) in [7, 11) is 0. The second-order valence-corrected chi connectivity index (χ2v) is 2.54. The van der Waals surface area contributed by atoms with Crippen LogP contribution in [0.4, 0.5) is 0 Å². The number of rotatable bonds is 2. The molecule has 0 aliphatic carbocycles. The molecule has 0 N–H and O–H groups in total. The van der Waals surface area contributed by atoms with Gasteiger partial charge in [0, 0.05) is 11.5 Å². The van der Waals surface area contributed by atoms with Crippen molar-refractivity contribution in [2.45, 2.75) is 6.92 Å². The molecule has 0 aliphatic heterocycles. The van der Waals surface area contributed by atoms with Gasteiger partial charge in [-0.1, -0.05) is 18.2 Å². The molecule has 1 aromatic carbocycles. The molecule has 1 heterocycles. The molecule has 0 amide bonds. The van der Waals surface area contributed by atoms with Gasteiger partial charge in [0.05, 0.1) is 6.61 Å². The average molecular weight is 162 g/mol. The van der Waals surface area contributed by atoms with Gasteiger partial charge in [-0.3, -0.25) is 0 Å². The highest BCUT2D eigenvalue weighted by Gasteiger charge is 2.01. The van der Waals surface area contributed by atoms with E-state index in [2.05, 4.69) is 0 Å². The molecule has 0 radical (unpaired) electrons. The second kappa shape index (κ2) is 2.89. The lowest BCUT2D eigenvalue weighted by Gasteiger charge is -1.93. The van der Waals surface area contributed by atoms with E-state index in [1.54, 1.807) is 0 Å². The molecule has 1 aromatic heterocycles. The number of hydrogen-bond donors (Lipinski definition) is 0. The lowest BCUT2D eigenvalue weighted by molar-refractivity contribution is 0.265. The van der Waals surface area contributed by atoms with E-state index in [4.69, 9.17) is 9.15 Å². The molecule has 2 heteroatoms. The van der Waals surface area contributed by atoms with Gasteiger partial charge in [-0.05, 0) is 13.0 Å². The van der Waals surface area contributed by atoms with Crippen molar-refractivity contribution in [1.29, 1.82) is 0 Å². The van der Waals surface area contributed by atoms with Gasteiger partial charge in [0.1, 0.15) is 5.58 Å². The minimum Gasteiger partial charge on any atom is -0.465 e. The monoisotopic (exact) mass is 162 g/mol. The van der Waals surface area contributed by atoms with Crippen LogP contribution in [0.2, 0.25) is 0 Å². The highest BCUT2D eigenvalue weighted by molar-refractivity contribution is 5.78. The van der Waals surface area contributed by atoms with E-state index in [9.17, 15) is 0 Å². The van der Waals surface area contributed by atoms with Gasteiger partial charge >= 0.3 is 0 Å². The minimum atomic E-state index is 0.596. The van der Waals surface area contributed by atoms with Gasteiger partial charge in [0.2, 0.25) is 0 Å². The number of para-hydroxylation sites is 1. The molecule has 0 bridgehead atoms. The van der Waals surface area contributed by atoms with E-state index in [1.807, 2.05) is 37.3 Å². The first-order valence-corrected chi connectivity index (χ1v) is 4.01. The summed E-state index contributed by atoms with van der Waals surface area (Å²) in [6, 6.07) is 9.76. The first-order valence-electron chi connectivity index (χ1n) is 4.01. The molecular weight excluding hydrogens is 152 g/mol. The maximum Gasteiger partial charge on any atom is 0.285 e. The Hall–Kier alpha value is -1.44. The Morgan fingerprint density at radius 1 is 1.33 bits per heavy atom. The van der Waals surface area contributed by atoms with Crippen molar-refractivity contribution in [3.8, 4) is 5.95 Å². The van der Waals surface area contributed by atoms with Crippen LogP contribution >= 0.6 is 0 Å². The Kier molecular flexibility index (Phi) is 1.74. The van der Waals surface area contributed by atoms with Gasteiger partial charge < -0.3 is 9.15 Å². The van der Waals surface area contributed by atoms with Crippen LogP contribution in [-0.2, 0) is 0 Å². The van der Waals surface area contributed by atoms with E-state index < -0.39 is 0 Å². The number of fused-ring (bicyclic) bond motifs is 1. The Bertz CT molecular complexity index is 343. The summed E-state index contributed by atoms with van der Waals surface area (Å²) in [4.78, 5) is 0. The molecule has 62 valence electrons. The number of ether oxygens (including phenoxy) is 1. The van der Waals surface area contributed by atoms with Crippen LogP contribution in [-0.4, -0.2) is 6.61 Å². The average Bonchev–Trinajstić information content (AvgIpc) is 2.47. The third-order valence-corrected chi connectivity index (χ3v) is 1.69. The normalized spacial score (nSPS) is 10.4. The van der Waals surface area contributed by atoms with E-state index in [-0.39, 0.29) is 0 Å². The Morgan fingerprint density at radius 2 is 2.17 bits per heavy atom. The van der Waals surface area contributed by atoms with Crippen molar-refractivity contribution in [2.75, 3.05) is 6.61 Å². The smallest absolute Gasteiger partial charge is 0.285 e. The second-order valence-electron chi connectivity index (χ2n) is 2.54. The quantitative estimate of drug-likeness (QED) is 0.677. The van der Waals surface area contributed by atoms with Crippen LogP contribution in [0.3, 0.4) is 0 Å². The molecule has 0 saturated heterocycles. The largest absolute Gasteiger partial charge is 0.465 e. The lowest BCUT2D eigenvalue weighted by atomic mass is 10.3. The molecule has 0 atom stereocenters. The molecular formula is C10H10O2. The van der Waals surface area contributed by atoms with Crippen molar-refractivity contribution < 1.29 is 9.15 Å². The summed E-state index contributed by atoms with van der Waals surface area (Å²) in [5, 5.41) is 1.08. The Labute approximate surface area is 70.8 Å². The van der Waals surface area contributed by atoms with E-state index in [1.165, 1.54) is 0 Å². The topological polar surface area (TPSA) is 22.4 Å². The number of benzene rings is 1. The van der Waals surface area contributed by atoms with Gasteiger partial charge in [-0.25, -0.2) is 0 Å². The fraction of sp³-hybridized carbons (Fsp3) is 0.200. The van der Waals surface area contributed by atoms with Crippen LogP contribution in [0, 0.1) is 0 Å². The van der Waals surface area contributed by atoms with E-state index in [0.29, 0.717) is 12.6 Å². The zero-order valence-electron chi connectivity index (χ0n) is 6.91. The summed E-state index contributed by atoms with van der Waals surface area (Å²) >= 11 is 0. The van der Waals surface area contributed by atoms with Gasteiger partial charge in [0.15, 0.2) is 0 Å². The molecule has 0 spiro atoms. The number of furan rings is 1. The van der Waals surface area contributed by atoms with Crippen LogP contribution in [0.15, 0.2) is 34.7 Å². The Balaban J connectivity index is 2.47. The molecule has 2 rings (SSSR count). The van der Waals surface area contributed by atoms with Crippen LogP contribution < -0.4 is 4.74 Å². The molecule has 0 aliphatic rings. The lowest BCUT2D eigenvalue weighted by Crippen LogP contribution is -1.87. The van der Waals surface area contributed by atoms with Crippen molar-refractivity contribution in [3.63, 3.8) is 0 Å². The Morgan fingerprint density at radius 3 is 2.92 bits per heavy atom. The predicted molar refractivity (Wildman–Crippen MR) is 47.4 cm³/mol. The molecule has 0 saturated carbocycles. The SMILES string of the molecule is CCOc1cc2ccccc2o1. The molecule has 12 heavy (non-hydrogen) atoms. The summed E-state index contributed by atoms with van der Waals surface area (Å²) in [6.45, 7) is 2.58. The van der Waals surface area contributed by atoms with E-state index >= 15 is 0 Å². The van der Waals surface area contributed by atoms with Gasteiger partial charge in [-0.2, -0.15) is 0 Å². The third kappa shape index (κ3) is 1.16. The first-order chi connectivity index (χ1) is 5.90. The molecule has 0 fully saturated rings. The van der Waals surface area contributed by atoms with Crippen LogP contribution in [0.5, 0.6) is 5.95 Å². The van der Waals surface area contributed by atoms with Crippen molar-refractivity contribution in [3.05, 3.63) is 30.3 Å². The summed E-state index contributed by atoms with van der Waals surface area (Å²) in [6.07, 6.45) is 0. The summed E-state index contributed by atoms with van der Waals surface area (Å²) in [5.41, 5.74) is 0.876. The first kappa shape index (κ1) is 7.22. The third-order valence-electron chi connectivity index (χ3n) is 1.69. The standard InChI is InChI=1S/C10H10O2/c1-2-11-10-7-8-5-3-4-6-9(8)12-10/h3-7H,2H2,1H3. The van der Waals surface area contributed by atoms with E-state index in [0.717, 1.165) is 11.0 Å². The summed E-state index contributed by atoms with van der Waals surface area (Å²) < 4.78 is 10.6. The highest BCUT2D eigenvalue weighted by Crippen LogP contribution is 2.23. The minimum absolute atomic E-state index is 0.596. The van der Waals surface area contributed by atoms with Crippen molar-refractivity contribution >= 4 is 11.0 Å². The zero-order valence-corrected chi connectivity index (χ0v) is 6.91. The zero-order chi connectivity index (χ0) is 8.39. The van der Waals surface area contributed by atoms with Gasteiger partial charge in [0.25, 0.3) is 5.95 Å². The van der Waals surface area contributed by atoms with Crippen molar-refractivity contribution in [2.24, 2.45) is 0 Å². The fourth-order valence-corrected chi connectivity index (χ4v) is 1.17. The van der Waals surface area contributed by atoms with Crippen LogP contribution in [0.25, 0.3) is 11.0 Å². The molecule has 0 unspecified atom stereocenters. The van der Waals surface area contributed by atoms with Gasteiger partial charge in [-0.15, -0.1) is 0 Å². The number of hydrogen-bond acceptors (Lipinski definition) is 2. The molecule has 2 nitrogen and oxygen atoms in total. The van der Waals surface area contributed by atoms with Crippen LogP contribution in [0.1, 0.15) is 6.92 Å². The predicted octanol–water partition coefficient (Wildman–Crippen LogP) is 2.83. The highest BCUT2D eigenvalue weighted by atomic mass is 16.6.